The largest absolute Gasteiger partial charge is 0.351 e. The SMILES string of the molecule is CS(=O)(=O)N(CCNC(=O)c1cccc(Cl)c1)CCC1=CCCCC1. The number of rotatable bonds is 8. The number of nitrogens with one attached hydrogen (secondary N) is 1. The van der Waals surface area contributed by atoms with Gasteiger partial charge in [0.05, 0.1) is 6.26 Å². The molecule has 1 N–H and O–H groups in total. The van der Waals surface area contributed by atoms with Crippen molar-refractivity contribution >= 4 is 27.5 Å². The number of hydrogen-bond donors (Lipinski definition) is 1. The Balaban J connectivity index is 1.85. The lowest BCUT2D eigenvalue weighted by Crippen LogP contribution is -2.38. The average molecular weight is 385 g/mol. The number of halogens is 1. The number of allylic oxidation sites excluding steroid dienone is 1. The summed E-state index contributed by atoms with van der Waals surface area (Å²) in [5.74, 6) is -0.258. The fraction of sp³-hybridized carbons (Fsp3) is 0.500. The predicted molar refractivity (Wildman–Crippen MR) is 101 cm³/mol. The normalized spacial score (nSPS) is 15.1. The van der Waals surface area contributed by atoms with Crippen LogP contribution in [0.15, 0.2) is 35.9 Å². The molecule has 1 aliphatic rings. The van der Waals surface area contributed by atoms with Crippen molar-refractivity contribution in [3.8, 4) is 0 Å². The summed E-state index contributed by atoms with van der Waals surface area (Å²) in [6, 6.07) is 6.66. The Bertz CT molecular complexity index is 732. The Labute approximate surface area is 155 Å². The lowest BCUT2D eigenvalue weighted by molar-refractivity contribution is 0.0951. The van der Waals surface area contributed by atoms with Crippen LogP contribution in [0.4, 0.5) is 0 Å². The highest BCUT2D eigenvalue weighted by atomic mass is 35.5. The Hall–Kier alpha value is -1.37. The summed E-state index contributed by atoms with van der Waals surface area (Å²) >= 11 is 5.88. The van der Waals surface area contributed by atoms with Gasteiger partial charge in [-0.15, -0.1) is 0 Å². The molecule has 0 aliphatic heterocycles. The highest BCUT2D eigenvalue weighted by molar-refractivity contribution is 7.88. The second-order valence-electron chi connectivity index (χ2n) is 6.29. The van der Waals surface area contributed by atoms with Gasteiger partial charge in [-0.05, 0) is 50.3 Å². The topological polar surface area (TPSA) is 66.5 Å². The number of carbonyl (C=O) groups excluding carboxylic acids is 1. The third kappa shape index (κ3) is 6.80. The van der Waals surface area contributed by atoms with Gasteiger partial charge in [-0.1, -0.05) is 29.3 Å². The van der Waals surface area contributed by atoms with Gasteiger partial charge in [-0.2, -0.15) is 0 Å². The minimum absolute atomic E-state index is 0.258. The van der Waals surface area contributed by atoms with Gasteiger partial charge in [0.2, 0.25) is 10.0 Å². The zero-order chi connectivity index (χ0) is 18.3. The van der Waals surface area contributed by atoms with Gasteiger partial charge in [0.15, 0.2) is 0 Å². The average Bonchev–Trinajstić information content (AvgIpc) is 2.57. The van der Waals surface area contributed by atoms with E-state index >= 15 is 0 Å². The first kappa shape index (κ1) is 19.9. The fourth-order valence-electron chi connectivity index (χ4n) is 2.87. The Morgan fingerprint density at radius 1 is 1.28 bits per heavy atom. The molecule has 0 atom stereocenters. The maximum absolute atomic E-state index is 12.1. The molecule has 0 radical (unpaired) electrons. The molecule has 1 aromatic carbocycles. The summed E-state index contributed by atoms with van der Waals surface area (Å²) in [5, 5.41) is 3.24. The van der Waals surface area contributed by atoms with Gasteiger partial charge in [-0.25, -0.2) is 12.7 Å². The molecule has 2 rings (SSSR count). The molecule has 5 nitrogen and oxygen atoms in total. The predicted octanol–water partition coefficient (Wildman–Crippen LogP) is 3.22. The van der Waals surface area contributed by atoms with Crippen LogP contribution in [0.5, 0.6) is 0 Å². The van der Waals surface area contributed by atoms with Crippen LogP contribution in [-0.4, -0.2) is 44.5 Å². The smallest absolute Gasteiger partial charge is 0.251 e. The molecule has 0 unspecified atom stereocenters. The number of sulfonamides is 1. The van der Waals surface area contributed by atoms with E-state index in [-0.39, 0.29) is 19.0 Å². The number of benzene rings is 1. The third-order valence-electron chi connectivity index (χ3n) is 4.27. The van der Waals surface area contributed by atoms with Gasteiger partial charge < -0.3 is 5.32 Å². The summed E-state index contributed by atoms with van der Waals surface area (Å²) in [6.07, 6.45) is 8.74. The van der Waals surface area contributed by atoms with E-state index < -0.39 is 10.0 Å². The number of amides is 1. The highest BCUT2D eigenvalue weighted by Crippen LogP contribution is 2.20. The summed E-state index contributed by atoms with van der Waals surface area (Å²) in [7, 11) is -3.30. The molecule has 138 valence electrons. The Kier molecular flexibility index (Phi) is 7.47. The van der Waals surface area contributed by atoms with Crippen molar-refractivity contribution in [3.63, 3.8) is 0 Å². The number of hydrogen-bond acceptors (Lipinski definition) is 3. The van der Waals surface area contributed by atoms with Crippen molar-refractivity contribution in [3.05, 3.63) is 46.5 Å². The van der Waals surface area contributed by atoms with E-state index in [0.717, 1.165) is 19.3 Å². The van der Waals surface area contributed by atoms with E-state index in [1.165, 1.54) is 29.0 Å². The van der Waals surface area contributed by atoms with Gasteiger partial charge in [0.25, 0.3) is 5.91 Å². The molecule has 0 heterocycles. The number of nitrogens with zero attached hydrogens (tertiary/aromatic N) is 1. The summed E-state index contributed by atoms with van der Waals surface area (Å²) < 4.78 is 25.4. The minimum atomic E-state index is -3.30. The standard InChI is InChI=1S/C18H25ClN2O3S/c1-25(23,24)21(12-10-15-6-3-2-4-7-15)13-11-20-18(22)16-8-5-9-17(19)14-16/h5-6,8-9,14H,2-4,7,10-13H2,1H3,(H,20,22). The van der Waals surface area contributed by atoms with Crippen molar-refractivity contribution < 1.29 is 13.2 Å². The Morgan fingerprint density at radius 2 is 2.08 bits per heavy atom. The van der Waals surface area contributed by atoms with Crippen LogP contribution in [0.2, 0.25) is 5.02 Å². The highest BCUT2D eigenvalue weighted by Gasteiger charge is 2.17. The van der Waals surface area contributed by atoms with Crippen LogP contribution in [0.3, 0.4) is 0 Å². The molecule has 1 aliphatic carbocycles. The summed E-state index contributed by atoms with van der Waals surface area (Å²) in [4.78, 5) is 12.1. The lowest BCUT2D eigenvalue weighted by Gasteiger charge is -2.22. The molecule has 0 bridgehead atoms. The van der Waals surface area contributed by atoms with E-state index in [4.69, 9.17) is 11.6 Å². The first-order valence-corrected chi connectivity index (χ1v) is 10.8. The van der Waals surface area contributed by atoms with Crippen molar-refractivity contribution in [1.82, 2.24) is 9.62 Å². The van der Waals surface area contributed by atoms with Crippen LogP contribution in [0.1, 0.15) is 42.5 Å². The molecule has 0 saturated heterocycles. The van der Waals surface area contributed by atoms with E-state index in [0.29, 0.717) is 17.1 Å². The molecule has 25 heavy (non-hydrogen) atoms. The molecule has 7 heteroatoms. The maximum atomic E-state index is 12.1. The number of carbonyl (C=O) groups is 1. The van der Waals surface area contributed by atoms with E-state index in [2.05, 4.69) is 11.4 Å². The molecule has 0 spiro atoms. The van der Waals surface area contributed by atoms with Crippen LogP contribution in [0.25, 0.3) is 0 Å². The van der Waals surface area contributed by atoms with Crippen LogP contribution < -0.4 is 5.32 Å². The quantitative estimate of drug-likeness (QED) is 0.700. The van der Waals surface area contributed by atoms with Gasteiger partial charge in [0, 0.05) is 30.2 Å². The molecule has 0 fully saturated rings. The van der Waals surface area contributed by atoms with Crippen LogP contribution >= 0.6 is 11.6 Å². The molecular formula is C18H25ClN2O3S. The zero-order valence-corrected chi connectivity index (χ0v) is 16.1. The third-order valence-corrected chi connectivity index (χ3v) is 5.81. The first-order valence-electron chi connectivity index (χ1n) is 8.53. The monoisotopic (exact) mass is 384 g/mol. The second-order valence-corrected chi connectivity index (χ2v) is 8.71. The van der Waals surface area contributed by atoms with Crippen LogP contribution in [-0.2, 0) is 10.0 Å². The van der Waals surface area contributed by atoms with Crippen molar-refractivity contribution in [2.24, 2.45) is 0 Å². The van der Waals surface area contributed by atoms with Gasteiger partial charge in [0.1, 0.15) is 0 Å². The zero-order valence-electron chi connectivity index (χ0n) is 14.5. The fourth-order valence-corrected chi connectivity index (χ4v) is 3.91. The molecule has 1 amide bonds. The van der Waals surface area contributed by atoms with Crippen LogP contribution in [0, 0.1) is 0 Å². The maximum Gasteiger partial charge on any atom is 0.251 e. The van der Waals surface area contributed by atoms with Crippen molar-refractivity contribution in [2.75, 3.05) is 25.9 Å². The summed E-state index contributed by atoms with van der Waals surface area (Å²) in [5.41, 5.74) is 1.80. The lowest BCUT2D eigenvalue weighted by atomic mass is 9.97. The first-order chi connectivity index (χ1) is 11.9. The van der Waals surface area contributed by atoms with Crippen molar-refractivity contribution in [1.29, 1.82) is 0 Å². The summed E-state index contributed by atoms with van der Waals surface area (Å²) in [6.45, 7) is 0.980. The second kappa shape index (κ2) is 9.36. The van der Waals surface area contributed by atoms with Crippen molar-refractivity contribution in [2.45, 2.75) is 32.1 Å². The van der Waals surface area contributed by atoms with E-state index in [1.54, 1.807) is 24.3 Å². The van der Waals surface area contributed by atoms with Gasteiger partial charge in [-0.3, -0.25) is 4.79 Å². The van der Waals surface area contributed by atoms with E-state index in [1.807, 2.05) is 0 Å². The molecule has 0 aromatic heterocycles. The minimum Gasteiger partial charge on any atom is -0.351 e. The molecule has 1 aromatic rings. The van der Waals surface area contributed by atoms with Gasteiger partial charge >= 0.3 is 0 Å². The van der Waals surface area contributed by atoms with E-state index in [9.17, 15) is 13.2 Å². The Morgan fingerprint density at radius 3 is 2.72 bits per heavy atom. The molecule has 0 saturated carbocycles. The molecular weight excluding hydrogens is 360 g/mol.